The van der Waals surface area contributed by atoms with Gasteiger partial charge in [0.05, 0.1) is 12.1 Å². The Kier molecular flexibility index (Phi) is 5.40. The van der Waals surface area contributed by atoms with Crippen molar-refractivity contribution in [2.24, 2.45) is 0 Å². The monoisotopic (exact) mass is 363 g/mol. The van der Waals surface area contributed by atoms with Crippen LogP contribution in [0.4, 0.5) is 0 Å². The molecule has 0 saturated carbocycles. The number of hydrogen-bond acceptors (Lipinski definition) is 4. The number of aryl methyl sites for hydroxylation is 1. The van der Waals surface area contributed by atoms with Crippen LogP contribution in [0.15, 0.2) is 53.7 Å². The van der Waals surface area contributed by atoms with E-state index in [4.69, 9.17) is 6.42 Å². The lowest BCUT2D eigenvalue weighted by molar-refractivity contribution is 0.0697. The summed E-state index contributed by atoms with van der Waals surface area (Å²) in [5.41, 5.74) is 2.86. The summed E-state index contributed by atoms with van der Waals surface area (Å²) in [6.45, 7) is 0.550. The quantitative estimate of drug-likeness (QED) is 0.519. The molecule has 26 heavy (non-hydrogen) atoms. The van der Waals surface area contributed by atoms with Crippen LogP contribution in [0, 0.1) is 12.3 Å². The van der Waals surface area contributed by atoms with E-state index in [-0.39, 0.29) is 5.56 Å². The van der Waals surface area contributed by atoms with Crippen molar-refractivity contribution >= 4 is 18.6 Å². The fourth-order valence-corrected chi connectivity index (χ4v) is 2.96. The molecule has 0 aliphatic carbocycles. The van der Waals surface area contributed by atoms with E-state index in [0.29, 0.717) is 30.1 Å². The zero-order valence-electron chi connectivity index (χ0n) is 14.0. The molecule has 1 heterocycles. The Hall–Kier alpha value is -3.04. The average Bonchev–Trinajstić information content (AvgIpc) is 2.99. The zero-order chi connectivity index (χ0) is 18.5. The van der Waals surface area contributed by atoms with E-state index in [0.717, 1.165) is 17.0 Å². The Labute approximate surface area is 157 Å². The molecule has 0 unspecified atom stereocenters. The number of carboxylic acids is 1. The number of aromatic carboxylic acids is 1. The second kappa shape index (κ2) is 7.89. The lowest BCUT2D eigenvalue weighted by Crippen LogP contribution is -2.07. The molecule has 0 spiro atoms. The predicted octanol–water partition coefficient (Wildman–Crippen LogP) is 3.55. The molecule has 6 heteroatoms. The fourth-order valence-electron chi connectivity index (χ4n) is 2.74. The third-order valence-electron chi connectivity index (χ3n) is 3.98. The number of terminal acetylenes is 1. The zero-order valence-corrected chi connectivity index (χ0v) is 14.9. The summed E-state index contributed by atoms with van der Waals surface area (Å²) < 4.78 is 1.79. The normalized spacial score (nSPS) is 10.5. The molecule has 3 aromatic rings. The molecule has 0 fully saturated rings. The van der Waals surface area contributed by atoms with Crippen LogP contribution >= 0.6 is 12.6 Å². The van der Waals surface area contributed by atoms with E-state index in [1.54, 1.807) is 22.9 Å². The van der Waals surface area contributed by atoms with Crippen molar-refractivity contribution in [2.45, 2.75) is 24.5 Å². The van der Waals surface area contributed by atoms with Gasteiger partial charge in [0, 0.05) is 12.8 Å². The summed E-state index contributed by atoms with van der Waals surface area (Å²) in [5, 5.41) is 14.1. The molecular weight excluding hydrogens is 346 g/mol. The van der Waals surface area contributed by atoms with Gasteiger partial charge in [-0.15, -0.1) is 30.1 Å². The topological polar surface area (TPSA) is 68.0 Å². The van der Waals surface area contributed by atoms with Crippen LogP contribution in [0.25, 0.3) is 11.1 Å². The van der Waals surface area contributed by atoms with Gasteiger partial charge in [0.1, 0.15) is 5.82 Å². The second-order valence-electron chi connectivity index (χ2n) is 5.74. The lowest BCUT2D eigenvalue weighted by Gasteiger charge is -2.09. The van der Waals surface area contributed by atoms with E-state index in [1.165, 1.54) is 0 Å². The molecule has 0 bridgehead atoms. The van der Waals surface area contributed by atoms with Gasteiger partial charge in [0.25, 0.3) is 0 Å². The van der Waals surface area contributed by atoms with Gasteiger partial charge >= 0.3 is 5.97 Å². The standard InChI is InChI=1S/C20H17N3O2S/c1-2-3-8-18-21-20(26)22-23(18)13-14-9-11-15(12-10-14)16-6-4-5-7-17(16)19(24)25/h1,4-7,9-12H,3,8,13H2,(H,22,26)(H,24,25). The molecule has 0 amide bonds. The van der Waals surface area contributed by atoms with Gasteiger partial charge in [-0.25, -0.2) is 14.5 Å². The number of thiol groups is 1. The van der Waals surface area contributed by atoms with Crippen molar-refractivity contribution in [3.05, 3.63) is 65.5 Å². The van der Waals surface area contributed by atoms with Gasteiger partial charge in [-0.05, 0) is 22.8 Å². The molecule has 0 radical (unpaired) electrons. The maximum Gasteiger partial charge on any atom is 0.336 e. The first-order valence-corrected chi connectivity index (χ1v) is 8.51. The molecule has 1 N–H and O–H groups in total. The number of nitrogens with zero attached hydrogens (tertiary/aromatic N) is 3. The van der Waals surface area contributed by atoms with Crippen LogP contribution in [0.3, 0.4) is 0 Å². The number of aromatic nitrogens is 3. The van der Waals surface area contributed by atoms with Crippen molar-refractivity contribution in [1.29, 1.82) is 0 Å². The van der Waals surface area contributed by atoms with E-state index in [9.17, 15) is 9.90 Å². The summed E-state index contributed by atoms with van der Waals surface area (Å²) in [5.74, 6) is 2.46. The molecule has 0 atom stereocenters. The number of carboxylic acid groups (broad SMARTS) is 1. The van der Waals surface area contributed by atoms with E-state index < -0.39 is 5.97 Å². The summed E-state index contributed by atoms with van der Waals surface area (Å²) in [7, 11) is 0. The Bertz CT molecular complexity index is 971. The molecule has 130 valence electrons. The molecule has 3 rings (SSSR count). The average molecular weight is 363 g/mol. The van der Waals surface area contributed by atoms with Crippen LogP contribution < -0.4 is 0 Å². The van der Waals surface area contributed by atoms with Crippen LogP contribution in [-0.2, 0) is 13.0 Å². The summed E-state index contributed by atoms with van der Waals surface area (Å²) in [6, 6.07) is 14.7. The Morgan fingerprint density at radius 2 is 1.92 bits per heavy atom. The number of carbonyl (C=O) groups is 1. The first kappa shape index (κ1) is 17.8. The number of benzene rings is 2. The Balaban J connectivity index is 1.84. The highest BCUT2D eigenvalue weighted by molar-refractivity contribution is 7.80. The molecule has 5 nitrogen and oxygen atoms in total. The van der Waals surface area contributed by atoms with Crippen LogP contribution in [-0.4, -0.2) is 25.8 Å². The van der Waals surface area contributed by atoms with Crippen LogP contribution in [0.1, 0.15) is 28.2 Å². The fraction of sp³-hybridized carbons (Fsp3) is 0.150. The molecular formula is C20H17N3O2S. The van der Waals surface area contributed by atoms with E-state index in [1.807, 2.05) is 30.3 Å². The van der Waals surface area contributed by atoms with Crippen molar-refractivity contribution in [1.82, 2.24) is 14.8 Å². The van der Waals surface area contributed by atoms with E-state index in [2.05, 4.69) is 28.6 Å². The smallest absolute Gasteiger partial charge is 0.336 e. The van der Waals surface area contributed by atoms with E-state index >= 15 is 0 Å². The minimum Gasteiger partial charge on any atom is -0.478 e. The van der Waals surface area contributed by atoms with Crippen LogP contribution in [0.2, 0.25) is 0 Å². The SMILES string of the molecule is C#CCCc1nc(S)nn1Cc1ccc(-c2ccccc2C(=O)O)cc1. The largest absolute Gasteiger partial charge is 0.478 e. The lowest BCUT2D eigenvalue weighted by atomic mass is 9.99. The minimum absolute atomic E-state index is 0.285. The third kappa shape index (κ3) is 3.95. The highest BCUT2D eigenvalue weighted by Gasteiger charge is 2.11. The third-order valence-corrected chi connectivity index (χ3v) is 4.17. The molecule has 0 aliphatic rings. The second-order valence-corrected chi connectivity index (χ2v) is 6.14. The van der Waals surface area contributed by atoms with Gasteiger partial charge in [0.2, 0.25) is 5.16 Å². The van der Waals surface area contributed by atoms with Gasteiger partial charge in [-0.3, -0.25) is 0 Å². The molecule has 1 aromatic heterocycles. The molecule has 0 saturated heterocycles. The minimum atomic E-state index is -0.938. The van der Waals surface area contributed by atoms with Gasteiger partial charge in [-0.2, -0.15) is 0 Å². The molecule has 2 aromatic carbocycles. The van der Waals surface area contributed by atoms with Crippen molar-refractivity contribution in [3.8, 4) is 23.5 Å². The summed E-state index contributed by atoms with van der Waals surface area (Å²) >= 11 is 4.21. The molecule has 0 aliphatic heterocycles. The van der Waals surface area contributed by atoms with Gasteiger partial charge < -0.3 is 5.11 Å². The summed E-state index contributed by atoms with van der Waals surface area (Å²) in [6.07, 6.45) is 6.56. The summed E-state index contributed by atoms with van der Waals surface area (Å²) in [4.78, 5) is 15.7. The maximum absolute atomic E-state index is 11.4. The Morgan fingerprint density at radius 3 is 2.62 bits per heavy atom. The first-order chi connectivity index (χ1) is 12.6. The Morgan fingerprint density at radius 1 is 1.19 bits per heavy atom. The van der Waals surface area contributed by atoms with Crippen LogP contribution in [0.5, 0.6) is 0 Å². The number of hydrogen-bond donors (Lipinski definition) is 2. The van der Waals surface area contributed by atoms with Gasteiger partial charge in [-0.1, -0.05) is 42.5 Å². The van der Waals surface area contributed by atoms with Crippen molar-refractivity contribution in [3.63, 3.8) is 0 Å². The number of rotatable bonds is 6. The van der Waals surface area contributed by atoms with Crippen molar-refractivity contribution in [2.75, 3.05) is 0 Å². The first-order valence-electron chi connectivity index (χ1n) is 8.06. The highest BCUT2D eigenvalue weighted by atomic mass is 32.1. The maximum atomic E-state index is 11.4. The van der Waals surface area contributed by atoms with Gasteiger partial charge in [0.15, 0.2) is 0 Å². The highest BCUT2D eigenvalue weighted by Crippen LogP contribution is 2.24. The predicted molar refractivity (Wildman–Crippen MR) is 102 cm³/mol. The van der Waals surface area contributed by atoms with Crippen molar-refractivity contribution < 1.29 is 9.90 Å².